The molecule has 0 fully saturated rings. The summed E-state index contributed by atoms with van der Waals surface area (Å²) in [4.78, 5) is 0. The average molecular weight is 272 g/mol. The molecule has 0 bridgehead atoms. The molecule has 0 aliphatic heterocycles. The number of nitrogens with one attached hydrogen (secondary N) is 1. The number of rotatable bonds is 6. The Labute approximate surface area is 121 Å². The largest absolute Gasteiger partial charge is 0.309 e. The molecule has 4 nitrogen and oxygen atoms in total. The van der Waals surface area contributed by atoms with Crippen molar-refractivity contribution in [1.29, 1.82) is 0 Å². The van der Waals surface area contributed by atoms with Gasteiger partial charge in [0.1, 0.15) is 5.69 Å². The number of nitrogens with zero attached hydrogens (tertiary/aromatic N) is 3. The molecule has 0 amide bonds. The Morgan fingerprint density at radius 1 is 1.25 bits per heavy atom. The summed E-state index contributed by atoms with van der Waals surface area (Å²) in [7, 11) is 0. The first-order valence-electron chi connectivity index (χ1n) is 7.42. The standard InChI is InChI=1S/C16H24N4/c1-5-11-17-12(3)16-13(4)20(19-18-16)15-10-8-7-9-14(15)6-2/h7-10,12,17H,5-6,11H2,1-4H3. The third-order valence-corrected chi connectivity index (χ3v) is 3.64. The van der Waals surface area contributed by atoms with Crippen LogP contribution >= 0.6 is 0 Å². The first-order valence-corrected chi connectivity index (χ1v) is 7.42. The predicted octanol–water partition coefficient (Wildman–Crippen LogP) is 3.20. The monoisotopic (exact) mass is 272 g/mol. The number of hydrogen-bond donors (Lipinski definition) is 1. The third-order valence-electron chi connectivity index (χ3n) is 3.64. The molecular weight excluding hydrogens is 248 g/mol. The minimum absolute atomic E-state index is 0.234. The van der Waals surface area contributed by atoms with Crippen molar-refractivity contribution in [3.8, 4) is 5.69 Å². The fraction of sp³-hybridized carbons (Fsp3) is 0.500. The Kier molecular flexibility index (Phi) is 4.90. The van der Waals surface area contributed by atoms with E-state index < -0.39 is 0 Å². The molecule has 0 aliphatic carbocycles. The van der Waals surface area contributed by atoms with Gasteiger partial charge in [-0.2, -0.15) is 0 Å². The lowest BCUT2D eigenvalue weighted by Crippen LogP contribution is -2.20. The van der Waals surface area contributed by atoms with Gasteiger partial charge in [0.25, 0.3) is 0 Å². The maximum atomic E-state index is 4.37. The molecule has 0 aliphatic rings. The smallest absolute Gasteiger partial charge is 0.103 e. The van der Waals surface area contributed by atoms with Gasteiger partial charge in [0.2, 0.25) is 0 Å². The maximum Gasteiger partial charge on any atom is 0.103 e. The summed E-state index contributed by atoms with van der Waals surface area (Å²) >= 11 is 0. The van der Waals surface area contributed by atoms with E-state index in [-0.39, 0.29) is 6.04 Å². The van der Waals surface area contributed by atoms with Crippen LogP contribution in [0.4, 0.5) is 0 Å². The molecule has 1 heterocycles. The Hall–Kier alpha value is -1.68. The SMILES string of the molecule is CCCNC(C)c1nnn(-c2ccccc2CC)c1C. The zero-order chi connectivity index (χ0) is 14.5. The van der Waals surface area contributed by atoms with Crippen molar-refractivity contribution < 1.29 is 0 Å². The summed E-state index contributed by atoms with van der Waals surface area (Å²) in [5.74, 6) is 0. The molecule has 20 heavy (non-hydrogen) atoms. The number of hydrogen-bond acceptors (Lipinski definition) is 3. The van der Waals surface area contributed by atoms with E-state index in [2.05, 4.69) is 61.5 Å². The van der Waals surface area contributed by atoms with Crippen LogP contribution in [0.2, 0.25) is 0 Å². The molecule has 108 valence electrons. The van der Waals surface area contributed by atoms with Crippen LogP contribution < -0.4 is 5.32 Å². The molecule has 1 atom stereocenters. The van der Waals surface area contributed by atoms with Gasteiger partial charge >= 0.3 is 0 Å². The molecule has 0 saturated carbocycles. The van der Waals surface area contributed by atoms with Crippen LogP contribution in [0.15, 0.2) is 24.3 Å². The topological polar surface area (TPSA) is 42.7 Å². The summed E-state index contributed by atoms with van der Waals surface area (Å²) in [5.41, 5.74) is 4.57. The molecule has 0 saturated heterocycles. The molecule has 2 rings (SSSR count). The summed E-state index contributed by atoms with van der Waals surface area (Å²) in [6, 6.07) is 8.61. The van der Waals surface area contributed by atoms with E-state index in [1.165, 1.54) is 5.56 Å². The van der Waals surface area contributed by atoms with Crippen LogP contribution in [-0.2, 0) is 6.42 Å². The number of para-hydroxylation sites is 1. The highest BCUT2D eigenvalue weighted by atomic mass is 15.4. The lowest BCUT2D eigenvalue weighted by molar-refractivity contribution is 0.555. The second-order valence-electron chi connectivity index (χ2n) is 5.13. The minimum Gasteiger partial charge on any atom is -0.309 e. The molecule has 0 spiro atoms. The molecule has 2 aromatic rings. The van der Waals surface area contributed by atoms with Gasteiger partial charge in [-0.3, -0.25) is 0 Å². The van der Waals surface area contributed by atoms with Crippen LogP contribution in [0.25, 0.3) is 5.69 Å². The van der Waals surface area contributed by atoms with Crippen LogP contribution in [0, 0.1) is 6.92 Å². The van der Waals surface area contributed by atoms with E-state index in [4.69, 9.17) is 0 Å². The van der Waals surface area contributed by atoms with E-state index >= 15 is 0 Å². The highest BCUT2D eigenvalue weighted by molar-refractivity contribution is 5.41. The minimum atomic E-state index is 0.234. The summed E-state index contributed by atoms with van der Waals surface area (Å²) in [6.07, 6.45) is 2.12. The zero-order valence-corrected chi connectivity index (χ0v) is 12.8. The molecule has 1 aromatic carbocycles. The highest BCUT2D eigenvalue weighted by Crippen LogP contribution is 2.20. The molecule has 1 N–H and O–H groups in total. The number of aromatic nitrogens is 3. The molecular formula is C16H24N4. The fourth-order valence-corrected chi connectivity index (χ4v) is 2.44. The summed E-state index contributed by atoms with van der Waals surface area (Å²) in [6.45, 7) is 9.56. The average Bonchev–Trinajstić information content (AvgIpc) is 2.86. The molecule has 1 aromatic heterocycles. The van der Waals surface area contributed by atoms with Crippen molar-refractivity contribution in [3.05, 3.63) is 41.2 Å². The van der Waals surface area contributed by atoms with Gasteiger partial charge in [-0.25, -0.2) is 4.68 Å². The van der Waals surface area contributed by atoms with Crippen molar-refractivity contribution in [1.82, 2.24) is 20.3 Å². The second-order valence-corrected chi connectivity index (χ2v) is 5.13. The number of benzene rings is 1. The van der Waals surface area contributed by atoms with E-state index in [1.54, 1.807) is 0 Å². The van der Waals surface area contributed by atoms with Gasteiger partial charge < -0.3 is 5.32 Å². The molecule has 4 heteroatoms. The first-order chi connectivity index (χ1) is 9.69. The highest BCUT2D eigenvalue weighted by Gasteiger charge is 2.16. The fourth-order valence-electron chi connectivity index (χ4n) is 2.44. The van der Waals surface area contributed by atoms with E-state index in [9.17, 15) is 0 Å². The lowest BCUT2D eigenvalue weighted by atomic mass is 10.1. The lowest BCUT2D eigenvalue weighted by Gasteiger charge is -2.12. The van der Waals surface area contributed by atoms with Crippen LogP contribution in [0.3, 0.4) is 0 Å². The van der Waals surface area contributed by atoms with Gasteiger partial charge in [-0.1, -0.05) is 37.3 Å². The van der Waals surface area contributed by atoms with Gasteiger partial charge in [-0.15, -0.1) is 5.10 Å². The summed E-state index contributed by atoms with van der Waals surface area (Å²) < 4.78 is 1.96. The van der Waals surface area contributed by atoms with Crippen LogP contribution in [0.1, 0.15) is 50.2 Å². The van der Waals surface area contributed by atoms with Gasteiger partial charge in [-0.05, 0) is 44.9 Å². The second kappa shape index (κ2) is 6.66. The van der Waals surface area contributed by atoms with Gasteiger partial charge in [0, 0.05) is 0 Å². The van der Waals surface area contributed by atoms with Crippen molar-refractivity contribution in [2.45, 2.75) is 46.6 Å². The molecule has 0 radical (unpaired) electrons. The summed E-state index contributed by atoms with van der Waals surface area (Å²) in [5, 5.41) is 12.2. The Morgan fingerprint density at radius 3 is 2.70 bits per heavy atom. The third kappa shape index (κ3) is 2.90. The Bertz CT molecular complexity index is 559. The van der Waals surface area contributed by atoms with Crippen molar-refractivity contribution in [2.75, 3.05) is 6.54 Å². The van der Waals surface area contributed by atoms with Crippen molar-refractivity contribution in [2.24, 2.45) is 0 Å². The van der Waals surface area contributed by atoms with Crippen molar-refractivity contribution in [3.63, 3.8) is 0 Å². The normalized spacial score (nSPS) is 12.6. The van der Waals surface area contributed by atoms with Gasteiger partial charge in [0.05, 0.1) is 17.4 Å². The van der Waals surface area contributed by atoms with E-state index in [0.29, 0.717) is 0 Å². The molecule has 1 unspecified atom stereocenters. The van der Waals surface area contributed by atoms with Gasteiger partial charge in [0.15, 0.2) is 0 Å². The van der Waals surface area contributed by atoms with Crippen molar-refractivity contribution >= 4 is 0 Å². The zero-order valence-electron chi connectivity index (χ0n) is 12.8. The first kappa shape index (κ1) is 14.7. The Balaban J connectivity index is 2.33. The Morgan fingerprint density at radius 2 is 2.00 bits per heavy atom. The number of aryl methyl sites for hydroxylation is 1. The maximum absolute atomic E-state index is 4.37. The van der Waals surface area contributed by atoms with Crippen LogP contribution in [-0.4, -0.2) is 21.5 Å². The van der Waals surface area contributed by atoms with Crippen LogP contribution in [0.5, 0.6) is 0 Å². The van der Waals surface area contributed by atoms with E-state index in [0.717, 1.165) is 36.5 Å². The predicted molar refractivity (Wildman–Crippen MR) is 82.2 cm³/mol. The quantitative estimate of drug-likeness (QED) is 0.878. The van der Waals surface area contributed by atoms with E-state index in [1.807, 2.05) is 10.7 Å².